The second kappa shape index (κ2) is 5.87. The first kappa shape index (κ1) is 14.9. The van der Waals surface area contributed by atoms with Crippen LogP contribution in [0.4, 0.5) is 5.69 Å². The maximum Gasteiger partial charge on any atom is 0.198 e. The van der Waals surface area contributed by atoms with E-state index in [-0.39, 0.29) is 5.78 Å². The number of ketones is 1. The zero-order valence-electron chi connectivity index (χ0n) is 12.7. The predicted octanol–water partition coefficient (Wildman–Crippen LogP) is 3.13. The quantitative estimate of drug-likeness (QED) is 0.692. The Hall–Kier alpha value is -2.49. The van der Waals surface area contributed by atoms with Crippen LogP contribution in [-0.4, -0.2) is 20.0 Å². The van der Waals surface area contributed by atoms with Crippen LogP contribution in [0, 0.1) is 13.8 Å². The molecule has 2 N–H and O–H groups in total. The van der Waals surface area contributed by atoms with Gasteiger partial charge in [0, 0.05) is 17.3 Å². The molecular weight excluding hydrogens is 266 g/mol. The molecule has 0 radical (unpaired) electrons. The number of benzene rings is 2. The topological polar surface area (TPSA) is 61.5 Å². The summed E-state index contributed by atoms with van der Waals surface area (Å²) in [7, 11) is 3.12. The molecule has 0 heterocycles. The van der Waals surface area contributed by atoms with Crippen molar-refractivity contribution in [3.05, 3.63) is 52.6 Å². The van der Waals surface area contributed by atoms with Gasteiger partial charge in [-0.2, -0.15) is 0 Å². The molecule has 0 aliphatic carbocycles. The summed E-state index contributed by atoms with van der Waals surface area (Å²) in [5.41, 5.74) is 9.32. The minimum Gasteiger partial charge on any atom is -0.497 e. The number of hydrogen-bond donors (Lipinski definition) is 1. The molecule has 0 saturated heterocycles. The summed E-state index contributed by atoms with van der Waals surface area (Å²) < 4.78 is 10.5. The Morgan fingerprint density at radius 1 is 1.00 bits per heavy atom. The number of rotatable bonds is 4. The number of anilines is 1. The Labute approximate surface area is 124 Å². The fourth-order valence-corrected chi connectivity index (χ4v) is 2.25. The van der Waals surface area contributed by atoms with Gasteiger partial charge >= 0.3 is 0 Å². The lowest BCUT2D eigenvalue weighted by Crippen LogP contribution is -2.08. The second-order valence-corrected chi connectivity index (χ2v) is 4.87. The molecule has 0 aromatic heterocycles. The minimum atomic E-state index is -0.157. The molecule has 0 atom stereocenters. The monoisotopic (exact) mass is 285 g/mol. The Morgan fingerprint density at radius 3 is 2.24 bits per heavy atom. The first-order chi connectivity index (χ1) is 9.99. The Bertz CT molecular complexity index is 693. The normalized spacial score (nSPS) is 10.3. The number of hydrogen-bond acceptors (Lipinski definition) is 4. The van der Waals surface area contributed by atoms with E-state index in [1.165, 1.54) is 0 Å². The van der Waals surface area contributed by atoms with Crippen molar-refractivity contribution >= 4 is 11.5 Å². The van der Waals surface area contributed by atoms with Crippen molar-refractivity contribution in [1.82, 2.24) is 0 Å². The van der Waals surface area contributed by atoms with Crippen molar-refractivity contribution < 1.29 is 14.3 Å². The predicted molar refractivity (Wildman–Crippen MR) is 83.3 cm³/mol. The average molecular weight is 285 g/mol. The van der Waals surface area contributed by atoms with Crippen LogP contribution in [0.1, 0.15) is 27.0 Å². The average Bonchev–Trinajstić information content (AvgIpc) is 2.49. The number of carbonyl (C=O) groups is 1. The lowest BCUT2D eigenvalue weighted by atomic mass is 9.96. The zero-order chi connectivity index (χ0) is 15.6. The van der Waals surface area contributed by atoms with E-state index >= 15 is 0 Å². The molecule has 2 aromatic carbocycles. The van der Waals surface area contributed by atoms with Crippen LogP contribution in [0.25, 0.3) is 0 Å². The molecule has 4 nitrogen and oxygen atoms in total. The smallest absolute Gasteiger partial charge is 0.198 e. The van der Waals surface area contributed by atoms with Gasteiger partial charge in [-0.25, -0.2) is 0 Å². The van der Waals surface area contributed by atoms with Gasteiger partial charge in [-0.05, 0) is 43.2 Å². The van der Waals surface area contributed by atoms with Crippen LogP contribution in [0.2, 0.25) is 0 Å². The summed E-state index contributed by atoms with van der Waals surface area (Å²) in [5.74, 6) is 1.06. The van der Waals surface area contributed by atoms with Crippen molar-refractivity contribution in [1.29, 1.82) is 0 Å². The summed E-state index contributed by atoms with van der Waals surface area (Å²) in [6.45, 7) is 3.91. The van der Waals surface area contributed by atoms with E-state index in [9.17, 15) is 4.79 Å². The van der Waals surface area contributed by atoms with E-state index in [0.29, 0.717) is 28.3 Å². The van der Waals surface area contributed by atoms with Crippen molar-refractivity contribution in [3.63, 3.8) is 0 Å². The molecule has 21 heavy (non-hydrogen) atoms. The van der Waals surface area contributed by atoms with E-state index in [2.05, 4.69) is 0 Å². The summed E-state index contributed by atoms with van der Waals surface area (Å²) in [6, 6.07) is 8.71. The number of nitrogen functional groups attached to an aromatic ring is 1. The van der Waals surface area contributed by atoms with Crippen LogP contribution in [0.15, 0.2) is 30.3 Å². The van der Waals surface area contributed by atoms with Crippen LogP contribution in [-0.2, 0) is 0 Å². The highest BCUT2D eigenvalue weighted by Crippen LogP contribution is 2.30. The van der Waals surface area contributed by atoms with Crippen LogP contribution >= 0.6 is 0 Å². The van der Waals surface area contributed by atoms with Gasteiger partial charge in [0.25, 0.3) is 0 Å². The Kier molecular flexibility index (Phi) is 4.17. The first-order valence-electron chi connectivity index (χ1n) is 6.62. The van der Waals surface area contributed by atoms with Gasteiger partial charge in [-0.15, -0.1) is 0 Å². The fourth-order valence-electron chi connectivity index (χ4n) is 2.25. The number of aryl methyl sites for hydroxylation is 1. The lowest BCUT2D eigenvalue weighted by molar-refractivity contribution is 0.103. The van der Waals surface area contributed by atoms with E-state index in [4.69, 9.17) is 15.2 Å². The highest BCUT2D eigenvalue weighted by molar-refractivity contribution is 6.14. The fraction of sp³-hybridized carbons (Fsp3) is 0.235. The lowest BCUT2D eigenvalue weighted by Gasteiger charge is -2.14. The highest BCUT2D eigenvalue weighted by atomic mass is 16.5. The van der Waals surface area contributed by atoms with Crippen molar-refractivity contribution in [2.75, 3.05) is 20.0 Å². The molecule has 0 aliphatic rings. The summed E-state index contributed by atoms with van der Waals surface area (Å²) in [4.78, 5) is 12.7. The number of carbonyl (C=O) groups excluding carboxylic acids is 1. The molecule has 0 unspecified atom stereocenters. The van der Waals surface area contributed by atoms with Crippen LogP contribution < -0.4 is 15.2 Å². The van der Waals surface area contributed by atoms with Gasteiger partial charge in [0.15, 0.2) is 5.78 Å². The van der Waals surface area contributed by atoms with Crippen LogP contribution in [0.5, 0.6) is 11.5 Å². The van der Waals surface area contributed by atoms with Gasteiger partial charge in [0.05, 0.1) is 19.8 Å². The molecule has 4 heteroatoms. The van der Waals surface area contributed by atoms with E-state index in [0.717, 1.165) is 11.1 Å². The third-order valence-corrected chi connectivity index (χ3v) is 3.63. The number of methoxy groups -OCH3 is 2. The van der Waals surface area contributed by atoms with Gasteiger partial charge in [0.1, 0.15) is 11.5 Å². The highest BCUT2D eigenvalue weighted by Gasteiger charge is 2.19. The largest absolute Gasteiger partial charge is 0.497 e. The van der Waals surface area contributed by atoms with Crippen molar-refractivity contribution in [2.45, 2.75) is 13.8 Å². The molecule has 0 aliphatic heterocycles. The van der Waals surface area contributed by atoms with Crippen molar-refractivity contribution in [3.8, 4) is 11.5 Å². The van der Waals surface area contributed by atoms with E-state index in [1.54, 1.807) is 38.5 Å². The van der Waals surface area contributed by atoms with E-state index < -0.39 is 0 Å². The molecule has 0 saturated carbocycles. The standard InChI is InChI=1S/C17H19NO3/c1-10-5-7-14(17(21-4)11(10)2)16(19)13-8-6-12(20-3)9-15(13)18/h5-9H,18H2,1-4H3. The third-order valence-electron chi connectivity index (χ3n) is 3.63. The molecule has 0 fully saturated rings. The van der Waals surface area contributed by atoms with Gasteiger partial charge in [0.2, 0.25) is 0 Å². The molecule has 0 amide bonds. The molecular formula is C17H19NO3. The molecule has 110 valence electrons. The maximum atomic E-state index is 12.7. The SMILES string of the molecule is COc1ccc(C(=O)c2ccc(C)c(C)c2OC)c(N)c1. The minimum absolute atomic E-state index is 0.157. The summed E-state index contributed by atoms with van der Waals surface area (Å²) in [5, 5.41) is 0. The molecule has 0 bridgehead atoms. The Morgan fingerprint density at radius 2 is 1.67 bits per heavy atom. The first-order valence-corrected chi connectivity index (χ1v) is 6.62. The maximum absolute atomic E-state index is 12.7. The van der Waals surface area contributed by atoms with Crippen molar-refractivity contribution in [2.24, 2.45) is 0 Å². The molecule has 0 spiro atoms. The second-order valence-electron chi connectivity index (χ2n) is 4.87. The van der Waals surface area contributed by atoms with Gasteiger partial charge in [-0.3, -0.25) is 4.79 Å². The Balaban J connectivity index is 2.53. The molecule has 2 rings (SSSR count). The zero-order valence-corrected chi connectivity index (χ0v) is 12.7. The van der Waals surface area contributed by atoms with E-state index in [1.807, 2.05) is 19.9 Å². The number of nitrogens with two attached hydrogens (primary N) is 1. The van der Waals surface area contributed by atoms with Gasteiger partial charge < -0.3 is 15.2 Å². The molecule has 2 aromatic rings. The summed E-state index contributed by atoms with van der Waals surface area (Å²) >= 11 is 0. The van der Waals surface area contributed by atoms with Gasteiger partial charge in [-0.1, -0.05) is 6.07 Å². The third kappa shape index (κ3) is 2.70. The number of ether oxygens (including phenoxy) is 2. The van der Waals surface area contributed by atoms with Crippen LogP contribution in [0.3, 0.4) is 0 Å². The summed E-state index contributed by atoms with van der Waals surface area (Å²) in [6.07, 6.45) is 0.